The summed E-state index contributed by atoms with van der Waals surface area (Å²) in [5, 5.41) is 44.2. The number of hydrogen-bond acceptors (Lipinski definition) is 10. The highest BCUT2D eigenvalue weighted by Gasteiger charge is 2.63. The van der Waals surface area contributed by atoms with Crippen LogP contribution in [0.1, 0.15) is 134 Å². The van der Waals surface area contributed by atoms with Crippen molar-refractivity contribution < 1.29 is 53.7 Å². The molecule has 11 nitrogen and oxygen atoms in total. The van der Waals surface area contributed by atoms with Crippen molar-refractivity contribution in [1.82, 2.24) is 0 Å². The number of hydrogen-bond donors (Lipinski definition) is 4. The molecule has 5 aliphatic rings. The van der Waals surface area contributed by atoms with E-state index in [1.807, 2.05) is 48.5 Å². The second-order valence-electron chi connectivity index (χ2n) is 18.5. The lowest BCUT2D eigenvalue weighted by Gasteiger charge is -2.54. The van der Waals surface area contributed by atoms with Crippen LogP contribution in [0.3, 0.4) is 0 Å². The van der Waals surface area contributed by atoms with E-state index in [1.54, 1.807) is 19.1 Å². The Hall–Kier alpha value is -1.44. The molecule has 0 radical (unpaired) electrons. The maximum atomic E-state index is 14.5. The molecule has 0 aromatic rings. The van der Waals surface area contributed by atoms with Gasteiger partial charge in [-0.25, -0.2) is 0 Å². The number of aliphatic hydroxyl groups excluding tert-OH is 2. The number of carboxylic acids is 1. The van der Waals surface area contributed by atoms with Gasteiger partial charge in [-0.1, -0.05) is 62.3 Å². The van der Waals surface area contributed by atoms with E-state index >= 15 is 0 Å². The number of aliphatic hydroxyl groups is 3. The van der Waals surface area contributed by atoms with Gasteiger partial charge in [0.15, 0.2) is 5.79 Å². The van der Waals surface area contributed by atoms with Gasteiger partial charge in [-0.3, -0.25) is 9.59 Å². The van der Waals surface area contributed by atoms with Crippen molar-refractivity contribution >= 4 is 11.8 Å². The molecule has 0 amide bonds. The predicted octanol–water partition coefficient (Wildman–Crippen LogP) is 6.43. The fourth-order valence-corrected chi connectivity index (χ4v) is 10.9. The van der Waals surface area contributed by atoms with Gasteiger partial charge < -0.3 is 44.1 Å². The molecule has 5 heterocycles. The highest BCUT2D eigenvalue weighted by molar-refractivity contribution is 5.84. The lowest BCUT2D eigenvalue weighted by Crippen LogP contribution is -2.63. The first kappa shape index (κ1) is 43.7. The highest BCUT2D eigenvalue weighted by atomic mass is 16.8. The van der Waals surface area contributed by atoms with Crippen molar-refractivity contribution in [3.05, 3.63) is 12.2 Å². The van der Waals surface area contributed by atoms with Gasteiger partial charge in [0.25, 0.3) is 0 Å². The van der Waals surface area contributed by atoms with Crippen LogP contribution in [-0.2, 0) is 33.3 Å². The first-order valence-electron chi connectivity index (χ1n) is 21.1. The topological polar surface area (TPSA) is 161 Å². The molecule has 0 bridgehead atoms. The monoisotopic (exact) mass is 765 g/mol. The number of ether oxygens (including phenoxy) is 5. The summed E-state index contributed by atoms with van der Waals surface area (Å²) in [6.45, 7) is 21.7. The van der Waals surface area contributed by atoms with E-state index in [1.165, 1.54) is 0 Å². The average molecular weight is 765 g/mol. The molecule has 310 valence electrons. The normalized spacial score (nSPS) is 46.9. The minimum absolute atomic E-state index is 0.0104. The Balaban J connectivity index is 1.32. The zero-order chi connectivity index (χ0) is 40.1. The fourth-order valence-electron chi connectivity index (χ4n) is 10.9. The van der Waals surface area contributed by atoms with Crippen LogP contribution < -0.4 is 0 Å². The molecule has 11 heteroatoms. The molecule has 0 aliphatic carbocycles. The quantitative estimate of drug-likeness (QED) is 0.162. The number of carbonyl (C=O) groups excluding carboxylic acids is 1. The molecule has 5 aliphatic heterocycles. The lowest BCUT2D eigenvalue weighted by atomic mass is 9.72. The molecular weight excluding hydrogens is 692 g/mol. The first-order chi connectivity index (χ1) is 25.2. The maximum absolute atomic E-state index is 14.5. The second-order valence-corrected chi connectivity index (χ2v) is 18.5. The Morgan fingerprint density at radius 1 is 0.852 bits per heavy atom. The molecule has 2 spiro atoms. The molecule has 19 atom stereocenters. The van der Waals surface area contributed by atoms with Crippen molar-refractivity contribution in [1.29, 1.82) is 0 Å². The number of Topliss-reactive ketones (excluding diaryl/α,β-unsaturated/α-hetero) is 1. The molecule has 0 saturated carbocycles. The van der Waals surface area contributed by atoms with Crippen LogP contribution in [-0.4, -0.2) is 97.7 Å². The van der Waals surface area contributed by atoms with Crippen LogP contribution in [0.25, 0.3) is 0 Å². The van der Waals surface area contributed by atoms with E-state index in [0.29, 0.717) is 51.4 Å². The van der Waals surface area contributed by atoms with Crippen LogP contribution in [0.15, 0.2) is 12.2 Å². The maximum Gasteiger partial charge on any atom is 0.309 e. The molecule has 0 aromatic carbocycles. The van der Waals surface area contributed by atoms with Crippen molar-refractivity contribution in [2.24, 2.45) is 47.3 Å². The standard InChI is InChI=1S/C43H72O11/c1-12-30(35(46)27(8)34(45)28(9)36-23(4)21-24(5)37(51-36)31(13-2)39(47)48)38-25(6)22-26(7)42(52-38)18-15-32(44)43(54-42)20-19-40(11,53-43)33-16-17-41(49,14-3)29(10)50-33/h15,18,23-34,36-38,44-45,49H,12-14,16-17,19-22H2,1-11H3,(H,47,48)/t23-,24-,25-,26+,27-,28-,29?,30-,31+,32+,33+,34+,36+,37+,38-,40-,41+,42-,43-/m0/s1. The Morgan fingerprint density at radius 2 is 1.48 bits per heavy atom. The third-order valence-electron chi connectivity index (χ3n) is 14.8. The van der Waals surface area contributed by atoms with Gasteiger partial charge in [0, 0.05) is 30.1 Å². The van der Waals surface area contributed by atoms with Gasteiger partial charge >= 0.3 is 5.97 Å². The van der Waals surface area contributed by atoms with Gasteiger partial charge in [0.05, 0.1) is 53.7 Å². The van der Waals surface area contributed by atoms with Crippen molar-refractivity contribution in [2.75, 3.05) is 0 Å². The number of carboxylic acid groups (broad SMARTS) is 1. The average Bonchev–Trinajstić information content (AvgIpc) is 3.47. The van der Waals surface area contributed by atoms with Crippen LogP contribution >= 0.6 is 0 Å². The summed E-state index contributed by atoms with van der Waals surface area (Å²) in [4.78, 5) is 26.6. The van der Waals surface area contributed by atoms with E-state index < -0.39 is 76.8 Å². The van der Waals surface area contributed by atoms with E-state index in [-0.39, 0.29) is 47.8 Å². The van der Waals surface area contributed by atoms with Crippen LogP contribution in [0.5, 0.6) is 0 Å². The van der Waals surface area contributed by atoms with Crippen LogP contribution in [0, 0.1) is 47.3 Å². The van der Waals surface area contributed by atoms with E-state index in [9.17, 15) is 30.0 Å². The Bertz CT molecular complexity index is 1360. The van der Waals surface area contributed by atoms with E-state index in [0.717, 1.165) is 6.42 Å². The zero-order valence-corrected chi connectivity index (χ0v) is 34.8. The largest absolute Gasteiger partial charge is 0.481 e. The Kier molecular flexibility index (Phi) is 13.3. The van der Waals surface area contributed by atoms with Crippen LogP contribution in [0.2, 0.25) is 0 Å². The van der Waals surface area contributed by atoms with Gasteiger partial charge in [-0.05, 0) is 95.1 Å². The molecule has 4 saturated heterocycles. The SMILES string of the molecule is CC[C@@H](C(=O)O)[C@@H]1O[C@@H]([C@@H](C)[C@H](O)[C@H](C)C(=O)[C@H](CC)[C@H]2O[C@]3(C=C[C@@H](O)[C@]4(CC[C@@](C)([C@H]5CC[C@](O)(CC)C(C)O5)O4)O3)[C@H](C)C[C@@H]2C)[C@@H](C)C[C@@H]1C. The Morgan fingerprint density at radius 3 is 2.07 bits per heavy atom. The summed E-state index contributed by atoms with van der Waals surface area (Å²) in [7, 11) is 0. The first-order valence-corrected chi connectivity index (χ1v) is 21.1. The third kappa shape index (κ3) is 7.88. The molecule has 54 heavy (non-hydrogen) atoms. The molecule has 4 fully saturated rings. The molecule has 0 aromatic heterocycles. The smallest absolute Gasteiger partial charge is 0.309 e. The van der Waals surface area contributed by atoms with E-state index in [4.69, 9.17) is 23.7 Å². The van der Waals surface area contributed by atoms with Crippen LogP contribution in [0.4, 0.5) is 0 Å². The number of ketones is 1. The predicted molar refractivity (Wildman–Crippen MR) is 203 cm³/mol. The van der Waals surface area contributed by atoms with Gasteiger partial charge in [0.1, 0.15) is 11.9 Å². The minimum Gasteiger partial charge on any atom is -0.481 e. The second kappa shape index (κ2) is 16.4. The molecule has 1 unspecified atom stereocenters. The summed E-state index contributed by atoms with van der Waals surface area (Å²) in [5.41, 5.74) is -1.63. The number of aliphatic carboxylic acids is 1. The summed E-state index contributed by atoms with van der Waals surface area (Å²) >= 11 is 0. The molecule has 4 N–H and O–H groups in total. The molecule has 5 rings (SSSR count). The van der Waals surface area contributed by atoms with Crippen molar-refractivity contribution in [3.63, 3.8) is 0 Å². The van der Waals surface area contributed by atoms with E-state index in [2.05, 4.69) is 20.8 Å². The summed E-state index contributed by atoms with van der Waals surface area (Å²) in [6.07, 6.45) is 4.75. The van der Waals surface area contributed by atoms with Crippen molar-refractivity contribution in [2.45, 2.75) is 199 Å². The Labute approximate surface area is 323 Å². The molecular formula is C43H72O11. The summed E-state index contributed by atoms with van der Waals surface area (Å²) < 4.78 is 33.6. The van der Waals surface area contributed by atoms with Gasteiger partial charge in [0.2, 0.25) is 5.79 Å². The third-order valence-corrected chi connectivity index (χ3v) is 14.8. The lowest BCUT2D eigenvalue weighted by molar-refractivity contribution is -0.409. The fraction of sp³-hybridized carbons (Fsp3) is 0.907. The minimum atomic E-state index is -1.37. The summed E-state index contributed by atoms with van der Waals surface area (Å²) in [5.74, 6) is -5.80. The van der Waals surface area contributed by atoms with Crippen molar-refractivity contribution in [3.8, 4) is 0 Å². The number of rotatable bonds is 12. The summed E-state index contributed by atoms with van der Waals surface area (Å²) in [6, 6.07) is 0. The van der Waals surface area contributed by atoms with Gasteiger partial charge in [-0.15, -0.1) is 0 Å². The highest BCUT2D eigenvalue weighted by Crippen LogP contribution is 2.54. The number of carbonyl (C=O) groups is 2. The zero-order valence-electron chi connectivity index (χ0n) is 34.8. The van der Waals surface area contributed by atoms with Gasteiger partial charge in [-0.2, -0.15) is 0 Å².